The lowest BCUT2D eigenvalue weighted by atomic mass is 9.47. The highest BCUT2D eigenvalue weighted by Crippen LogP contribution is 2.67. The Bertz CT molecular complexity index is 708. The number of ether oxygens (including phenoxy) is 1. The van der Waals surface area contributed by atoms with Crippen LogP contribution < -0.4 is 0 Å². The van der Waals surface area contributed by atoms with E-state index in [0.29, 0.717) is 17.3 Å². The van der Waals surface area contributed by atoms with E-state index in [1.165, 1.54) is 57.8 Å². The molecule has 0 N–H and O–H groups in total. The number of fused-ring (bicyclic) bond motifs is 5. The van der Waals surface area contributed by atoms with Crippen molar-refractivity contribution < 1.29 is 9.53 Å². The van der Waals surface area contributed by atoms with Crippen LogP contribution in [0, 0.1) is 46.3 Å². The van der Waals surface area contributed by atoms with Gasteiger partial charge in [0.25, 0.3) is 0 Å². The van der Waals surface area contributed by atoms with Crippen LogP contribution in [-0.4, -0.2) is 12.1 Å². The molecule has 0 amide bonds. The highest BCUT2D eigenvalue weighted by Gasteiger charge is 2.59. The Morgan fingerprint density at radius 1 is 1.06 bits per heavy atom. The Labute approximate surface area is 198 Å². The molecule has 0 radical (unpaired) electrons. The van der Waals surface area contributed by atoms with Crippen molar-refractivity contribution >= 4 is 5.97 Å². The van der Waals surface area contributed by atoms with Gasteiger partial charge in [-0.3, -0.25) is 4.79 Å². The summed E-state index contributed by atoms with van der Waals surface area (Å²) in [6.45, 7) is 14.5. The standard InChI is InChI=1S/C30H50O2/c1-7-28(31)32-23-15-17-29(5)22(19-23)11-12-24-26-14-13-25(21(4)10-8-9-20(2)3)30(26,6)18-16-27(24)29/h11,20-21,23-27H,7-10,12-19H2,1-6H3/t21-,23-,24+,25-,26-,27+,29+,30-/m1/s1. The van der Waals surface area contributed by atoms with E-state index in [2.05, 4.69) is 40.7 Å². The van der Waals surface area contributed by atoms with E-state index in [1.54, 1.807) is 5.57 Å². The Morgan fingerprint density at radius 2 is 1.84 bits per heavy atom. The van der Waals surface area contributed by atoms with E-state index in [-0.39, 0.29) is 12.1 Å². The van der Waals surface area contributed by atoms with Crippen LogP contribution in [0.2, 0.25) is 0 Å². The van der Waals surface area contributed by atoms with Gasteiger partial charge >= 0.3 is 5.97 Å². The molecule has 0 saturated heterocycles. The number of hydrogen-bond acceptors (Lipinski definition) is 2. The molecule has 0 aromatic heterocycles. The molecular formula is C30H50O2. The summed E-state index contributed by atoms with van der Waals surface area (Å²) in [4.78, 5) is 11.9. The van der Waals surface area contributed by atoms with Crippen LogP contribution in [0.5, 0.6) is 0 Å². The number of hydrogen-bond donors (Lipinski definition) is 0. The average Bonchev–Trinajstić information content (AvgIpc) is 3.11. The molecule has 2 nitrogen and oxygen atoms in total. The summed E-state index contributed by atoms with van der Waals surface area (Å²) in [5, 5.41) is 0. The van der Waals surface area contributed by atoms with Crippen molar-refractivity contribution in [3.8, 4) is 0 Å². The molecule has 3 fully saturated rings. The van der Waals surface area contributed by atoms with Crippen molar-refractivity contribution in [3.05, 3.63) is 11.6 Å². The van der Waals surface area contributed by atoms with Gasteiger partial charge < -0.3 is 4.74 Å². The molecular weight excluding hydrogens is 392 g/mol. The topological polar surface area (TPSA) is 26.3 Å². The van der Waals surface area contributed by atoms with Gasteiger partial charge in [0.1, 0.15) is 6.10 Å². The van der Waals surface area contributed by atoms with E-state index in [9.17, 15) is 4.79 Å². The van der Waals surface area contributed by atoms with Crippen molar-refractivity contribution in [2.24, 2.45) is 46.3 Å². The Kier molecular flexibility index (Phi) is 7.19. The zero-order valence-corrected chi connectivity index (χ0v) is 21.9. The molecule has 2 heteroatoms. The molecule has 182 valence electrons. The number of rotatable bonds is 7. The van der Waals surface area contributed by atoms with Gasteiger partial charge in [-0.15, -0.1) is 0 Å². The molecule has 4 aliphatic carbocycles. The molecule has 0 aromatic carbocycles. The maximum Gasteiger partial charge on any atom is 0.305 e. The zero-order chi connectivity index (χ0) is 23.1. The van der Waals surface area contributed by atoms with Crippen molar-refractivity contribution in [2.75, 3.05) is 0 Å². The van der Waals surface area contributed by atoms with Crippen LogP contribution in [0.1, 0.15) is 119 Å². The van der Waals surface area contributed by atoms with Crippen LogP contribution >= 0.6 is 0 Å². The molecule has 3 saturated carbocycles. The van der Waals surface area contributed by atoms with Crippen molar-refractivity contribution in [3.63, 3.8) is 0 Å². The van der Waals surface area contributed by atoms with Gasteiger partial charge in [-0.2, -0.15) is 0 Å². The quantitative estimate of drug-likeness (QED) is 0.292. The summed E-state index contributed by atoms with van der Waals surface area (Å²) in [5.74, 6) is 5.28. The summed E-state index contributed by atoms with van der Waals surface area (Å²) in [7, 11) is 0. The summed E-state index contributed by atoms with van der Waals surface area (Å²) in [6.07, 6.45) is 17.8. The predicted octanol–water partition coefficient (Wildman–Crippen LogP) is 8.35. The lowest BCUT2D eigenvalue weighted by Crippen LogP contribution is -2.51. The van der Waals surface area contributed by atoms with Gasteiger partial charge in [0, 0.05) is 12.8 Å². The highest BCUT2D eigenvalue weighted by atomic mass is 16.5. The minimum atomic E-state index is -0.0270. The zero-order valence-electron chi connectivity index (χ0n) is 21.9. The first kappa shape index (κ1) is 24.3. The van der Waals surface area contributed by atoms with E-state index in [1.807, 2.05) is 6.92 Å². The lowest BCUT2D eigenvalue weighted by molar-refractivity contribution is -0.151. The summed E-state index contributed by atoms with van der Waals surface area (Å²) < 4.78 is 5.76. The highest BCUT2D eigenvalue weighted by molar-refractivity contribution is 5.69. The monoisotopic (exact) mass is 442 g/mol. The number of allylic oxidation sites excluding steroid dienone is 1. The third-order valence-electron chi connectivity index (χ3n) is 10.8. The second-order valence-electron chi connectivity index (χ2n) is 13.0. The van der Waals surface area contributed by atoms with Gasteiger partial charge in [0.2, 0.25) is 0 Å². The number of esters is 1. The molecule has 8 atom stereocenters. The molecule has 0 unspecified atom stereocenters. The van der Waals surface area contributed by atoms with Crippen LogP contribution in [0.15, 0.2) is 11.6 Å². The van der Waals surface area contributed by atoms with Gasteiger partial charge in [-0.25, -0.2) is 0 Å². The molecule has 4 rings (SSSR count). The van der Waals surface area contributed by atoms with Gasteiger partial charge in [0.05, 0.1) is 0 Å². The van der Waals surface area contributed by atoms with Gasteiger partial charge in [-0.1, -0.05) is 72.5 Å². The van der Waals surface area contributed by atoms with E-state index in [4.69, 9.17) is 4.74 Å². The number of carbonyl (C=O) groups excluding carboxylic acids is 1. The molecule has 0 spiro atoms. The largest absolute Gasteiger partial charge is 0.462 e. The van der Waals surface area contributed by atoms with Crippen molar-refractivity contribution in [1.82, 2.24) is 0 Å². The second kappa shape index (κ2) is 9.46. The SMILES string of the molecule is CCC(=O)O[C@@H]1CC[C@@]2(C)C(=CC[C@H]3[C@H]4CC[C@H]([C@H](C)CCCC(C)C)[C@@]4(C)CC[C@@H]32)C1. The van der Waals surface area contributed by atoms with E-state index in [0.717, 1.165) is 48.3 Å². The fourth-order valence-corrected chi connectivity index (χ4v) is 9.02. The fourth-order valence-electron chi connectivity index (χ4n) is 9.02. The lowest BCUT2D eigenvalue weighted by Gasteiger charge is -2.58. The third kappa shape index (κ3) is 4.34. The van der Waals surface area contributed by atoms with Gasteiger partial charge in [0.15, 0.2) is 0 Å². The van der Waals surface area contributed by atoms with Crippen LogP contribution in [-0.2, 0) is 9.53 Å². The summed E-state index contributed by atoms with van der Waals surface area (Å²) >= 11 is 0. The predicted molar refractivity (Wildman–Crippen MR) is 133 cm³/mol. The molecule has 4 aliphatic rings. The summed E-state index contributed by atoms with van der Waals surface area (Å²) in [6, 6.07) is 0. The Hall–Kier alpha value is -0.790. The number of carbonyl (C=O) groups is 1. The Balaban J connectivity index is 1.45. The minimum Gasteiger partial charge on any atom is -0.462 e. The average molecular weight is 443 g/mol. The molecule has 32 heavy (non-hydrogen) atoms. The smallest absolute Gasteiger partial charge is 0.305 e. The summed E-state index contributed by atoms with van der Waals surface area (Å²) in [5.41, 5.74) is 2.54. The molecule has 0 heterocycles. The normalized spacial score (nSPS) is 42.0. The maximum absolute atomic E-state index is 11.9. The second-order valence-corrected chi connectivity index (χ2v) is 13.0. The minimum absolute atomic E-state index is 0.0270. The van der Waals surface area contributed by atoms with Crippen LogP contribution in [0.25, 0.3) is 0 Å². The Morgan fingerprint density at radius 3 is 2.56 bits per heavy atom. The molecule has 0 aromatic rings. The van der Waals surface area contributed by atoms with Crippen LogP contribution in [0.4, 0.5) is 0 Å². The first-order valence-electron chi connectivity index (χ1n) is 14.1. The van der Waals surface area contributed by atoms with E-state index >= 15 is 0 Å². The first-order valence-corrected chi connectivity index (χ1v) is 14.1. The fraction of sp³-hybridized carbons (Fsp3) is 0.900. The third-order valence-corrected chi connectivity index (χ3v) is 10.8. The maximum atomic E-state index is 11.9. The van der Waals surface area contributed by atoms with Crippen LogP contribution in [0.3, 0.4) is 0 Å². The van der Waals surface area contributed by atoms with Crippen molar-refractivity contribution in [1.29, 1.82) is 0 Å². The first-order chi connectivity index (χ1) is 15.2. The van der Waals surface area contributed by atoms with Gasteiger partial charge in [-0.05, 0) is 91.3 Å². The van der Waals surface area contributed by atoms with E-state index < -0.39 is 0 Å². The molecule has 0 bridgehead atoms. The molecule has 0 aliphatic heterocycles. The van der Waals surface area contributed by atoms with Crippen molar-refractivity contribution in [2.45, 2.75) is 125 Å².